The van der Waals surface area contributed by atoms with Gasteiger partial charge in [0.05, 0.1) is 11.5 Å². The van der Waals surface area contributed by atoms with Crippen LogP contribution in [0.5, 0.6) is 0 Å². The lowest BCUT2D eigenvalue weighted by atomic mass is 10.1. The number of aromatic carboxylic acids is 1. The fraction of sp³-hybridized carbons (Fsp3) is 0.370. The number of carboxylic acids is 2. The molecule has 7 nitrogen and oxygen atoms in total. The molecule has 0 aliphatic heterocycles. The van der Waals surface area contributed by atoms with Gasteiger partial charge >= 0.3 is 17.9 Å². The van der Waals surface area contributed by atoms with Crippen molar-refractivity contribution in [3.05, 3.63) is 81.3 Å². The van der Waals surface area contributed by atoms with Crippen LogP contribution in [0, 0.1) is 12.8 Å². The maximum Gasteiger partial charge on any atom is 0.335 e. The standard InChI is InChI=1S/C17H21NO2.C10H12O4S/c1-3-4-5-16-11-6-13(2)18(16)12-14-7-9-15(10-8-14)17(19)20;1-7(11)14-6-8(10(12)13)5-9-3-2-4-15-9/h6-11H,3-5,12H2,1-2H3,(H,19,20);2-4,8H,5-6H2,1H3,(H,12,13). The van der Waals surface area contributed by atoms with Crippen LogP contribution in [0.1, 0.15) is 58.9 Å². The molecule has 1 atom stereocenters. The van der Waals surface area contributed by atoms with E-state index >= 15 is 0 Å². The van der Waals surface area contributed by atoms with Crippen LogP contribution in [0.3, 0.4) is 0 Å². The highest BCUT2D eigenvalue weighted by molar-refractivity contribution is 7.09. The second kappa shape index (κ2) is 14.1. The highest BCUT2D eigenvalue weighted by Crippen LogP contribution is 2.16. The molecule has 0 saturated heterocycles. The van der Waals surface area contributed by atoms with Gasteiger partial charge in [0.25, 0.3) is 0 Å². The summed E-state index contributed by atoms with van der Waals surface area (Å²) < 4.78 is 7.01. The Morgan fingerprint density at radius 3 is 2.31 bits per heavy atom. The van der Waals surface area contributed by atoms with Crippen LogP contribution in [-0.4, -0.2) is 39.3 Å². The summed E-state index contributed by atoms with van der Waals surface area (Å²) in [5.74, 6) is -2.93. The van der Waals surface area contributed by atoms with E-state index in [1.807, 2.05) is 29.6 Å². The van der Waals surface area contributed by atoms with Gasteiger partial charge in [0.2, 0.25) is 0 Å². The number of carbonyl (C=O) groups excluding carboxylic acids is 1. The van der Waals surface area contributed by atoms with Gasteiger partial charge in [-0.3, -0.25) is 9.59 Å². The molecule has 0 fully saturated rings. The fourth-order valence-corrected chi connectivity index (χ4v) is 4.25. The monoisotopic (exact) mass is 499 g/mol. The molecule has 3 aromatic rings. The largest absolute Gasteiger partial charge is 0.481 e. The summed E-state index contributed by atoms with van der Waals surface area (Å²) in [6.07, 6.45) is 3.89. The van der Waals surface area contributed by atoms with E-state index in [0.717, 1.165) is 23.4 Å². The third kappa shape index (κ3) is 9.41. The first-order chi connectivity index (χ1) is 16.7. The Hall–Kier alpha value is -3.39. The molecule has 188 valence electrons. The smallest absolute Gasteiger partial charge is 0.335 e. The van der Waals surface area contributed by atoms with E-state index < -0.39 is 23.8 Å². The van der Waals surface area contributed by atoms with E-state index in [2.05, 4.69) is 30.5 Å². The minimum atomic E-state index is -0.940. The number of rotatable bonds is 11. The average Bonchev–Trinajstić information content (AvgIpc) is 3.46. The number of carboxylic acid groups (broad SMARTS) is 2. The van der Waals surface area contributed by atoms with Crippen LogP contribution in [0.4, 0.5) is 0 Å². The van der Waals surface area contributed by atoms with Crippen molar-refractivity contribution >= 4 is 29.2 Å². The van der Waals surface area contributed by atoms with E-state index in [0.29, 0.717) is 12.0 Å². The molecular formula is C27H33NO6S. The Morgan fingerprint density at radius 1 is 1.06 bits per heavy atom. The molecule has 8 heteroatoms. The van der Waals surface area contributed by atoms with E-state index in [9.17, 15) is 14.4 Å². The van der Waals surface area contributed by atoms with Crippen LogP contribution < -0.4 is 0 Å². The van der Waals surface area contributed by atoms with Gasteiger partial charge in [0, 0.05) is 29.7 Å². The normalized spacial score (nSPS) is 11.3. The summed E-state index contributed by atoms with van der Waals surface area (Å²) >= 11 is 1.50. The number of unbranched alkanes of at least 4 members (excludes halogenated alkanes) is 1. The Kier molecular flexibility index (Phi) is 11.2. The average molecular weight is 500 g/mol. The van der Waals surface area contributed by atoms with Crippen molar-refractivity contribution in [1.82, 2.24) is 4.57 Å². The number of aryl methyl sites for hydroxylation is 2. The number of hydrogen-bond acceptors (Lipinski definition) is 5. The third-order valence-corrected chi connectivity index (χ3v) is 6.38. The minimum Gasteiger partial charge on any atom is -0.481 e. The summed E-state index contributed by atoms with van der Waals surface area (Å²) in [5.41, 5.74) is 4.07. The molecular weight excluding hydrogens is 466 g/mol. The van der Waals surface area contributed by atoms with Gasteiger partial charge in [0.15, 0.2) is 0 Å². The molecule has 2 N–H and O–H groups in total. The van der Waals surface area contributed by atoms with Gasteiger partial charge < -0.3 is 19.5 Å². The predicted octanol–water partition coefficient (Wildman–Crippen LogP) is 5.44. The van der Waals surface area contributed by atoms with Gasteiger partial charge in [-0.2, -0.15) is 0 Å². The molecule has 0 bridgehead atoms. The molecule has 0 amide bonds. The van der Waals surface area contributed by atoms with E-state index in [-0.39, 0.29) is 6.61 Å². The first-order valence-electron chi connectivity index (χ1n) is 11.6. The summed E-state index contributed by atoms with van der Waals surface area (Å²) in [6, 6.07) is 15.2. The zero-order valence-corrected chi connectivity index (χ0v) is 21.2. The molecule has 0 aliphatic rings. The number of thiophene rings is 1. The number of nitrogens with zero attached hydrogens (tertiary/aromatic N) is 1. The molecule has 3 rings (SSSR count). The van der Waals surface area contributed by atoms with E-state index in [1.165, 1.54) is 42.5 Å². The van der Waals surface area contributed by atoms with Crippen LogP contribution in [-0.2, 0) is 33.7 Å². The number of aromatic nitrogens is 1. The van der Waals surface area contributed by atoms with Crippen LogP contribution in [0.2, 0.25) is 0 Å². The minimum absolute atomic E-state index is 0.0669. The summed E-state index contributed by atoms with van der Waals surface area (Å²) in [5, 5.41) is 19.7. The molecule has 0 radical (unpaired) electrons. The molecule has 0 spiro atoms. The molecule has 35 heavy (non-hydrogen) atoms. The second-order valence-electron chi connectivity index (χ2n) is 8.28. The topological polar surface area (TPSA) is 106 Å². The third-order valence-electron chi connectivity index (χ3n) is 5.48. The number of hydrogen-bond donors (Lipinski definition) is 2. The molecule has 1 aromatic carbocycles. The Morgan fingerprint density at radius 2 is 1.77 bits per heavy atom. The number of ether oxygens (including phenoxy) is 1. The summed E-state index contributed by atoms with van der Waals surface area (Å²) in [6.45, 7) is 6.32. The van der Waals surface area contributed by atoms with Gasteiger partial charge in [0.1, 0.15) is 6.61 Å². The van der Waals surface area contributed by atoms with Gasteiger partial charge in [-0.15, -0.1) is 11.3 Å². The summed E-state index contributed by atoms with van der Waals surface area (Å²) in [4.78, 5) is 33.2. The zero-order chi connectivity index (χ0) is 25.8. The Labute approximate surface area is 210 Å². The quantitative estimate of drug-likeness (QED) is 0.340. The highest BCUT2D eigenvalue weighted by Gasteiger charge is 2.19. The predicted molar refractivity (Wildman–Crippen MR) is 136 cm³/mol. The number of carbonyl (C=O) groups is 3. The van der Waals surface area contributed by atoms with Gasteiger partial charge in [-0.25, -0.2) is 4.79 Å². The summed E-state index contributed by atoms with van der Waals surface area (Å²) in [7, 11) is 0. The van der Waals surface area contributed by atoms with Crippen molar-refractivity contribution in [3.8, 4) is 0 Å². The molecule has 0 saturated carbocycles. The lowest BCUT2D eigenvalue weighted by molar-refractivity contribution is -0.149. The first kappa shape index (κ1) is 27.9. The highest BCUT2D eigenvalue weighted by atomic mass is 32.1. The Balaban J connectivity index is 0.000000258. The maximum atomic E-state index is 10.9. The van der Waals surface area contributed by atoms with Crippen molar-refractivity contribution in [1.29, 1.82) is 0 Å². The van der Waals surface area contributed by atoms with Crippen molar-refractivity contribution in [2.75, 3.05) is 6.61 Å². The number of aliphatic carboxylic acids is 1. The first-order valence-corrected chi connectivity index (χ1v) is 12.4. The van der Waals surface area contributed by atoms with Crippen LogP contribution in [0.25, 0.3) is 0 Å². The number of esters is 1. The lowest BCUT2D eigenvalue weighted by Crippen LogP contribution is -2.23. The molecule has 0 aliphatic carbocycles. The van der Waals surface area contributed by atoms with Crippen molar-refractivity contribution in [2.45, 2.75) is 53.0 Å². The lowest BCUT2D eigenvalue weighted by Gasteiger charge is -2.12. The zero-order valence-electron chi connectivity index (χ0n) is 20.4. The van der Waals surface area contributed by atoms with Crippen molar-refractivity contribution < 1.29 is 29.3 Å². The second-order valence-corrected chi connectivity index (χ2v) is 9.31. The van der Waals surface area contributed by atoms with Crippen molar-refractivity contribution in [3.63, 3.8) is 0 Å². The Bertz CT molecular complexity index is 1090. The number of benzene rings is 1. The SMILES string of the molecule is CC(=O)OCC(Cc1cccs1)C(=O)O.CCCCc1ccc(C)n1Cc1ccc(C(=O)O)cc1. The molecule has 2 heterocycles. The van der Waals surface area contributed by atoms with Crippen molar-refractivity contribution in [2.24, 2.45) is 5.92 Å². The van der Waals surface area contributed by atoms with Gasteiger partial charge in [-0.1, -0.05) is 31.5 Å². The van der Waals surface area contributed by atoms with E-state index in [4.69, 9.17) is 14.9 Å². The van der Waals surface area contributed by atoms with E-state index in [1.54, 1.807) is 12.1 Å². The molecule has 2 aromatic heterocycles. The van der Waals surface area contributed by atoms with Crippen LogP contribution >= 0.6 is 11.3 Å². The van der Waals surface area contributed by atoms with Gasteiger partial charge in [-0.05, 0) is 67.5 Å². The van der Waals surface area contributed by atoms with Crippen LogP contribution in [0.15, 0.2) is 53.9 Å². The maximum absolute atomic E-state index is 10.9. The fourth-order valence-electron chi connectivity index (χ4n) is 3.47. The molecule has 1 unspecified atom stereocenters.